The highest BCUT2D eigenvalue weighted by molar-refractivity contribution is 5.79. The Kier molecular flexibility index (Phi) is 3.01. The maximum absolute atomic E-state index is 12.0. The van der Waals surface area contributed by atoms with E-state index in [1.54, 1.807) is 0 Å². The van der Waals surface area contributed by atoms with E-state index in [4.69, 9.17) is 5.73 Å². The van der Waals surface area contributed by atoms with Gasteiger partial charge in [-0.2, -0.15) is 0 Å². The molecule has 2 saturated carbocycles. The van der Waals surface area contributed by atoms with Crippen LogP contribution in [0.3, 0.4) is 0 Å². The third-order valence-corrected chi connectivity index (χ3v) is 3.96. The van der Waals surface area contributed by atoms with Gasteiger partial charge >= 0.3 is 0 Å². The van der Waals surface area contributed by atoms with E-state index < -0.39 is 0 Å². The normalized spacial score (nSPS) is 34.7. The van der Waals surface area contributed by atoms with E-state index in [2.05, 4.69) is 6.92 Å². The van der Waals surface area contributed by atoms with E-state index in [1.165, 1.54) is 6.42 Å². The molecule has 0 aromatic heterocycles. The number of carbonyl (C=O) groups is 1. The van der Waals surface area contributed by atoms with Crippen LogP contribution in [0.15, 0.2) is 0 Å². The summed E-state index contributed by atoms with van der Waals surface area (Å²) in [6, 6.07) is 0. The van der Waals surface area contributed by atoms with Crippen molar-refractivity contribution in [2.24, 2.45) is 29.4 Å². The van der Waals surface area contributed by atoms with Crippen LogP contribution in [0.2, 0.25) is 0 Å². The molecular formula is C12H22N2O. The van der Waals surface area contributed by atoms with Gasteiger partial charge in [-0.15, -0.1) is 0 Å². The Morgan fingerprint density at radius 2 is 2.00 bits per heavy atom. The molecule has 0 spiro atoms. The van der Waals surface area contributed by atoms with Gasteiger partial charge in [-0.1, -0.05) is 6.92 Å². The van der Waals surface area contributed by atoms with Gasteiger partial charge in [0.15, 0.2) is 0 Å². The molecule has 0 aromatic rings. The Hall–Kier alpha value is -0.570. The van der Waals surface area contributed by atoms with Crippen LogP contribution in [-0.4, -0.2) is 30.9 Å². The van der Waals surface area contributed by atoms with Crippen molar-refractivity contribution in [3.63, 3.8) is 0 Å². The number of nitrogens with zero attached hydrogens (tertiary/aromatic N) is 1. The van der Waals surface area contributed by atoms with Crippen molar-refractivity contribution < 1.29 is 4.79 Å². The van der Waals surface area contributed by atoms with Crippen molar-refractivity contribution in [1.82, 2.24) is 4.90 Å². The van der Waals surface area contributed by atoms with Crippen LogP contribution in [0.4, 0.5) is 0 Å². The summed E-state index contributed by atoms with van der Waals surface area (Å²) in [6.07, 6.45) is 3.67. The highest BCUT2D eigenvalue weighted by atomic mass is 16.2. The summed E-state index contributed by atoms with van der Waals surface area (Å²) in [7, 11) is 1.92. The van der Waals surface area contributed by atoms with Crippen LogP contribution < -0.4 is 5.73 Å². The minimum absolute atomic E-state index is 0.323. The molecule has 86 valence electrons. The highest BCUT2D eigenvalue weighted by Crippen LogP contribution is 2.54. The maximum atomic E-state index is 12.0. The Bertz CT molecular complexity index is 244. The van der Waals surface area contributed by atoms with Gasteiger partial charge in [0, 0.05) is 19.5 Å². The second-order valence-corrected chi connectivity index (χ2v) is 5.48. The minimum atomic E-state index is 0.323. The molecule has 1 amide bonds. The molecule has 0 heterocycles. The first-order chi connectivity index (χ1) is 7.11. The molecule has 0 saturated heterocycles. The van der Waals surface area contributed by atoms with Crippen molar-refractivity contribution in [2.75, 3.05) is 20.1 Å². The monoisotopic (exact) mass is 210 g/mol. The summed E-state index contributed by atoms with van der Waals surface area (Å²) in [5.74, 6) is 2.86. The van der Waals surface area contributed by atoms with Gasteiger partial charge in [-0.25, -0.2) is 0 Å². The SMILES string of the molecule is CC(CN)CN(C)C(=O)C1CC2CC2C1. The van der Waals surface area contributed by atoms with E-state index in [9.17, 15) is 4.79 Å². The summed E-state index contributed by atoms with van der Waals surface area (Å²) >= 11 is 0. The smallest absolute Gasteiger partial charge is 0.225 e. The van der Waals surface area contributed by atoms with Gasteiger partial charge in [0.1, 0.15) is 0 Å². The lowest BCUT2D eigenvalue weighted by Crippen LogP contribution is -2.37. The first-order valence-electron chi connectivity index (χ1n) is 6.06. The van der Waals surface area contributed by atoms with Crippen molar-refractivity contribution in [1.29, 1.82) is 0 Å². The van der Waals surface area contributed by atoms with Gasteiger partial charge in [-0.05, 0) is 43.6 Å². The number of nitrogens with two attached hydrogens (primary N) is 1. The molecule has 0 aliphatic heterocycles. The fourth-order valence-corrected chi connectivity index (χ4v) is 2.86. The molecule has 3 unspecified atom stereocenters. The summed E-state index contributed by atoms with van der Waals surface area (Å²) in [5, 5.41) is 0. The molecule has 2 aliphatic rings. The van der Waals surface area contributed by atoms with E-state index in [0.29, 0.717) is 24.3 Å². The lowest BCUT2D eigenvalue weighted by molar-refractivity contribution is -0.134. The van der Waals surface area contributed by atoms with Crippen molar-refractivity contribution in [3.05, 3.63) is 0 Å². The van der Waals surface area contributed by atoms with Crippen LogP contribution >= 0.6 is 0 Å². The number of amides is 1. The fourth-order valence-electron chi connectivity index (χ4n) is 2.86. The second-order valence-electron chi connectivity index (χ2n) is 5.48. The molecule has 3 heteroatoms. The molecule has 15 heavy (non-hydrogen) atoms. The number of carbonyl (C=O) groups excluding carboxylic acids is 1. The number of hydrogen-bond donors (Lipinski definition) is 1. The number of hydrogen-bond acceptors (Lipinski definition) is 2. The Morgan fingerprint density at radius 1 is 1.40 bits per heavy atom. The lowest BCUT2D eigenvalue weighted by atomic mass is 10.0. The van der Waals surface area contributed by atoms with E-state index >= 15 is 0 Å². The fraction of sp³-hybridized carbons (Fsp3) is 0.917. The Balaban J connectivity index is 1.79. The molecule has 2 fully saturated rings. The second kappa shape index (κ2) is 4.12. The lowest BCUT2D eigenvalue weighted by Gasteiger charge is -2.24. The van der Waals surface area contributed by atoms with Crippen LogP contribution in [0, 0.1) is 23.7 Å². The van der Waals surface area contributed by atoms with Crippen molar-refractivity contribution in [2.45, 2.75) is 26.2 Å². The molecule has 2 aliphatic carbocycles. The summed E-state index contributed by atoms with van der Waals surface area (Å²) < 4.78 is 0. The third kappa shape index (κ3) is 2.33. The predicted octanol–water partition coefficient (Wildman–Crippen LogP) is 1.09. The molecule has 3 atom stereocenters. The molecule has 0 aromatic carbocycles. The van der Waals surface area contributed by atoms with Gasteiger partial charge in [-0.3, -0.25) is 4.79 Å². The summed E-state index contributed by atoms with van der Waals surface area (Å²) in [6.45, 7) is 3.56. The standard InChI is InChI=1S/C12H22N2O/c1-8(6-13)7-14(2)12(15)11-4-9-3-10(9)5-11/h8-11H,3-7,13H2,1-2H3. The summed E-state index contributed by atoms with van der Waals surface area (Å²) in [5.41, 5.74) is 5.57. The predicted molar refractivity (Wildman–Crippen MR) is 60.2 cm³/mol. The molecule has 2 rings (SSSR count). The third-order valence-electron chi connectivity index (χ3n) is 3.96. The minimum Gasteiger partial charge on any atom is -0.345 e. The zero-order valence-corrected chi connectivity index (χ0v) is 9.78. The van der Waals surface area contributed by atoms with E-state index in [-0.39, 0.29) is 0 Å². The van der Waals surface area contributed by atoms with Gasteiger partial charge < -0.3 is 10.6 Å². The zero-order chi connectivity index (χ0) is 11.0. The molecule has 2 N–H and O–H groups in total. The first kappa shape index (κ1) is 10.9. The number of rotatable bonds is 4. The van der Waals surface area contributed by atoms with Crippen LogP contribution in [-0.2, 0) is 4.79 Å². The van der Waals surface area contributed by atoms with Crippen molar-refractivity contribution >= 4 is 5.91 Å². The number of fused-ring (bicyclic) bond motifs is 1. The molecule has 0 radical (unpaired) electrons. The topological polar surface area (TPSA) is 46.3 Å². The Labute approximate surface area is 92.0 Å². The van der Waals surface area contributed by atoms with Gasteiger partial charge in [0.05, 0.1) is 0 Å². The van der Waals surface area contributed by atoms with Crippen molar-refractivity contribution in [3.8, 4) is 0 Å². The van der Waals surface area contributed by atoms with Gasteiger partial charge in [0.2, 0.25) is 5.91 Å². The first-order valence-corrected chi connectivity index (χ1v) is 6.06. The van der Waals surface area contributed by atoms with E-state index in [1.807, 2.05) is 11.9 Å². The van der Waals surface area contributed by atoms with E-state index in [0.717, 1.165) is 31.2 Å². The molecule has 0 bridgehead atoms. The molecular weight excluding hydrogens is 188 g/mol. The van der Waals surface area contributed by atoms with Crippen LogP contribution in [0.5, 0.6) is 0 Å². The quantitative estimate of drug-likeness (QED) is 0.755. The maximum Gasteiger partial charge on any atom is 0.225 e. The largest absolute Gasteiger partial charge is 0.345 e. The zero-order valence-electron chi connectivity index (χ0n) is 9.78. The summed E-state index contributed by atoms with van der Waals surface area (Å²) in [4.78, 5) is 13.9. The Morgan fingerprint density at radius 3 is 2.53 bits per heavy atom. The van der Waals surface area contributed by atoms with Crippen LogP contribution in [0.25, 0.3) is 0 Å². The van der Waals surface area contributed by atoms with Gasteiger partial charge in [0.25, 0.3) is 0 Å². The highest BCUT2D eigenvalue weighted by Gasteiger charge is 2.48. The average molecular weight is 210 g/mol. The average Bonchev–Trinajstić information content (AvgIpc) is 2.84. The van der Waals surface area contributed by atoms with Crippen LogP contribution in [0.1, 0.15) is 26.2 Å². The molecule has 3 nitrogen and oxygen atoms in total.